The fourth-order valence-electron chi connectivity index (χ4n) is 8.00. The lowest BCUT2D eigenvalue weighted by Gasteiger charge is -2.19. The van der Waals surface area contributed by atoms with Crippen LogP contribution >= 0.6 is 24.8 Å². The van der Waals surface area contributed by atoms with Crippen LogP contribution in [-0.4, -0.2) is 153 Å². The Morgan fingerprint density at radius 1 is 0.522 bits per heavy atom. The largest absolute Gasteiger partial charge is 0.481 e. The molecule has 0 saturated heterocycles. The van der Waals surface area contributed by atoms with Crippen LogP contribution in [0.5, 0.6) is 0 Å². The number of amidine groups is 1. The number of hydrogen-bond donors (Lipinski definition) is 15. The van der Waals surface area contributed by atoms with Gasteiger partial charge in [0, 0.05) is 59.9 Å². The molecule has 0 saturated carbocycles. The molecule has 4 aromatic heterocycles. The minimum atomic E-state index is -1.35. The van der Waals surface area contributed by atoms with E-state index in [1.165, 1.54) is 33.4 Å². The number of carboxylic acid groups (broad SMARTS) is 1. The topological polar surface area (TPSA) is 622 Å². The highest BCUT2D eigenvalue weighted by Gasteiger charge is 2.29. The number of nitriles is 1. The van der Waals surface area contributed by atoms with Crippen molar-refractivity contribution in [3.63, 3.8) is 0 Å². The van der Waals surface area contributed by atoms with Gasteiger partial charge in [-0.15, -0.1) is 24.8 Å². The van der Waals surface area contributed by atoms with Crippen LogP contribution < -0.4 is 28.4 Å². The number of halogens is 2. The molecule has 1 amide bonds. The predicted molar refractivity (Wildman–Crippen MR) is 425 cm³/mol. The van der Waals surface area contributed by atoms with Gasteiger partial charge in [0.05, 0.1) is 31.2 Å². The third-order valence-electron chi connectivity index (χ3n) is 13.3. The maximum atomic E-state index is 11.7. The zero-order valence-electron chi connectivity index (χ0n) is 65.8. The Morgan fingerprint density at radius 2 is 0.852 bits per heavy atom. The maximum Gasteiger partial charge on any atom is 0.407 e. The fourth-order valence-corrected chi connectivity index (χ4v) is 8.00. The van der Waals surface area contributed by atoms with E-state index in [9.17, 15) is 34.8 Å². The van der Waals surface area contributed by atoms with Gasteiger partial charge in [0.25, 0.3) is 29.5 Å². The average molecular weight is 1640 g/mol. The molecule has 37 nitrogen and oxygen atoms in total. The highest BCUT2D eigenvalue weighted by Crippen LogP contribution is 2.27. The van der Waals surface area contributed by atoms with E-state index in [0.717, 1.165) is 46.6 Å². The molecular formula is C76H99Cl2N17O20. The summed E-state index contributed by atoms with van der Waals surface area (Å²) in [7, 11) is 1.24. The van der Waals surface area contributed by atoms with E-state index in [0.29, 0.717) is 76.3 Å². The van der Waals surface area contributed by atoms with Crippen molar-refractivity contribution in [3.05, 3.63) is 214 Å². The summed E-state index contributed by atoms with van der Waals surface area (Å²) in [6, 6.07) is 44.9. The lowest BCUT2D eigenvalue weighted by atomic mass is 10.1. The van der Waals surface area contributed by atoms with Gasteiger partial charge in [-0.2, -0.15) is 25.2 Å². The van der Waals surface area contributed by atoms with Crippen LogP contribution in [0.1, 0.15) is 170 Å². The van der Waals surface area contributed by atoms with Gasteiger partial charge in [0.2, 0.25) is 23.3 Å². The molecule has 0 radical (unpaired) electrons. The lowest BCUT2D eigenvalue weighted by molar-refractivity contribution is -0.158. The number of carbonyl (C=O) groups excluding carboxylic acids is 3. The molecule has 0 aliphatic rings. The molecule has 115 heavy (non-hydrogen) atoms. The molecule has 39 heteroatoms. The van der Waals surface area contributed by atoms with Crippen molar-refractivity contribution in [2.45, 2.75) is 150 Å². The zero-order valence-corrected chi connectivity index (χ0v) is 67.4. The summed E-state index contributed by atoms with van der Waals surface area (Å²) in [5.74, 6) is 4.44. The lowest BCUT2D eigenvalue weighted by Crippen LogP contribution is -2.32. The molecule has 0 fully saturated rings. The van der Waals surface area contributed by atoms with E-state index in [1.807, 2.05) is 99.6 Å². The van der Waals surface area contributed by atoms with Gasteiger partial charge >= 0.3 is 12.1 Å². The van der Waals surface area contributed by atoms with E-state index in [1.54, 1.807) is 128 Å². The quantitative estimate of drug-likeness (QED) is 0.0101. The second-order valence-corrected chi connectivity index (χ2v) is 26.9. The number of rotatable bonds is 17. The molecule has 0 atom stereocenters. The van der Waals surface area contributed by atoms with Crippen molar-refractivity contribution in [1.29, 1.82) is 5.26 Å². The molecule has 10 rings (SSSR count). The summed E-state index contributed by atoms with van der Waals surface area (Å²) in [6.45, 7) is 23.2. The van der Waals surface area contributed by atoms with Gasteiger partial charge in [0.15, 0.2) is 11.4 Å². The van der Waals surface area contributed by atoms with Crippen LogP contribution in [0.15, 0.2) is 179 Å². The molecule has 0 aliphatic heterocycles. The van der Waals surface area contributed by atoms with E-state index in [4.69, 9.17) is 81.1 Å². The van der Waals surface area contributed by atoms with Crippen molar-refractivity contribution in [3.8, 4) is 51.6 Å². The summed E-state index contributed by atoms with van der Waals surface area (Å²) in [5, 5.41) is 122. The van der Waals surface area contributed by atoms with Gasteiger partial charge in [-0.05, 0) is 160 Å². The first-order valence-corrected chi connectivity index (χ1v) is 33.6. The smallest absolute Gasteiger partial charge is 0.407 e. The summed E-state index contributed by atoms with van der Waals surface area (Å²) in [4.78, 5) is 57.9. The summed E-state index contributed by atoms with van der Waals surface area (Å²) in [6.07, 6.45) is 2.81. The third-order valence-corrected chi connectivity index (χ3v) is 13.3. The number of hydrogen-bond acceptors (Lipinski definition) is 34. The number of esters is 1. The Morgan fingerprint density at radius 3 is 1.16 bits per heavy atom. The van der Waals surface area contributed by atoms with Crippen molar-refractivity contribution in [1.82, 2.24) is 45.9 Å². The number of aldehydes is 1. The molecule has 10 aromatic rings. The number of ether oxygens (including phenoxy) is 2. The van der Waals surface area contributed by atoms with Crippen LogP contribution in [0.4, 0.5) is 4.79 Å². The third kappa shape index (κ3) is 38.6. The van der Waals surface area contributed by atoms with Gasteiger partial charge < -0.3 is 102 Å². The predicted octanol–water partition coefficient (Wildman–Crippen LogP) is 9.77. The van der Waals surface area contributed by atoms with E-state index in [-0.39, 0.29) is 54.2 Å². The van der Waals surface area contributed by atoms with Gasteiger partial charge in [0.1, 0.15) is 34.3 Å². The normalized spacial score (nSPS) is 11.0. The molecular weight excluding hydrogens is 1540 g/mol. The average Bonchev–Trinajstić information content (AvgIpc) is 1.72. The molecule has 4 heterocycles. The number of amides is 1. The Labute approximate surface area is 674 Å². The van der Waals surface area contributed by atoms with Crippen molar-refractivity contribution < 1.29 is 98.2 Å². The number of benzene rings is 6. The highest BCUT2D eigenvalue weighted by molar-refractivity contribution is 5.98. The number of nitrogens with two attached hydrogens (primary N) is 4. The SMILES string of the molecule is CC(=O)O.CC(C)(C)OC(=O)NCc1cccc(-c2noc(C(C)(C)O)n2)c1.CC(C)(O)c1nc(-c2cccc(/C=N/O)c2)no1.CC(C)(O)c1nc(-c2cccc(CN)c2)no1.CC(C)(O)c1nc(-c2cccc(CN)c2)no1.COC(=O)C(C)(C)O.Cl.Cl.N#Cc1cccc(C=O)c1.N/C(=N\O)c1cccc(/C=N/O)c1.NO. The molecule has 19 N–H and O–H groups in total. The van der Waals surface area contributed by atoms with E-state index >= 15 is 0 Å². The summed E-state index contributed by atoms with van der Waals surface area (Å²) < 4.78 is 29.5. The molecule has 0 aliphatic carbocycles. The van der Waals surface area contributed by atoms with Crippen molar-refractivity contribution >= 4 is 67.4 Å². The monoisotopic (exact) mass is 1640 g/mol. The van der Waals surface area contributed by atoms with Gasteiger partial charge in [-0.3, -0.25) is 9.59 Å². The summed E-state index contributed by atoms with van der Waals surface area (Å²) >= 11 is 0. The number of methoxy groups -OCH3 is 1. The number of nitrogens with zero attached hydrogens (tertiary/aromatic N) is 12. The molecule has 622 valence electrons. The minimum Gasteiger partial charge on any atom is -0.481 e. The number of aliphatic hydroxyl groups is 5. The number of aliphatic carboxylic acids is 1. The van der Waals surface area contributed by atoms with Crippen LogP contribution in [0.3, 0.4) is 0 Å². The first-order chi connectivity index (χ1) is 52.9. The number of alkyl carbamates (subject to hydrolysis) is 1. The highest BCUT2D eigenvalue weighted by atomic mass is 35.5. The Bertz CT molecular complexity index is 4630. The first-order valence-electron chi connectivity index (χ1n) is 33.6. The second kappa shape index (κ2) is 49.2. The van der Waals surface area contributed by atoms with E-state index < -0.39 is 51.6 Å². The molecule has 0 bridgehead atoms. The zero-order chi connectivity index (χ0) is 85.5. The first kappa shape index (κ1) is 103. The minimum absolute atomic E-state index is 0. The van der Waals surface area contributed by atoms with Crippen molar-refractivity contribution in [2.24, 2.45) is 38.6 Å². The summed E-state index contributed by atoms with van der Waals surface area (Å²) in [5.41, 5.74) is 19.0. The Hall–Kier alpha value is -12.3. The standard InChI is InChI=1S/C17H23N3O4.C12H13N3O3.2C12H15N3O2.C8H9N3O2.C8H5NO.C5H10O3.C2H4O2.2ClH.H3NO/c1-16(2,3)23-15(21)18-10-11-7-6-8-12(9-11)13-19-14(24-20-13)17(4,5)22;1-12(2,16)11-14-10(15-18-11)9-5-3-4-8(6-9)7-13-17;2*1-12(2,16)11-14-10(15-17-11)9-5-3-4-8(6-9)7-13;9-8(11-13)7-3-1-2-6(4-7)5-10-12;9-5-7-2-1-3-8(4-7)6-10;1-5(2,7)4(6)8-3;1-2(3)4;;;1-2/h6-9,22H,10H2,1-5H3,(H,18,21);3-7,16-17H,1-2H3;2*3-6,16H,7,13H2,1-2H3;1-5,12-13H,(H2,9,11);1-4,6H;7H,1-3H3;1H3,(H,3,4);2*1H;2H,1H2/b;13-7+;;;10-5+;;;;;;. The number of aromatic nitrogens is 8. The number of carbonyl (C=O) groups is 4. The van der Waals surface area contributed by atoms with Crippen LogP contribution in [0.25, 0.3) is 45.6 Å². The second-order valence-electron chi connectivity index (χ2n) is 26.9. The number of oxime groups is 3. The van der Waals surface area contributed by atoms with Crippen LogP contribution in [-0.2, 0) is 61.1 Å². The van der Waals surface area contributed by atoms with E-state index in [2.05, 4.69) is 72.0 Å². The fraction of sp³-hybridized carbons (Fsp3) is 0.316. The molecule has 0 spiro atoms. The van der Waals surface area contributed by atoms with Gasteiger partial charge in [-0.25, -0.2) is 15.5 Å². The van der Waals surface area contributed by atoms with Gasteiger partial charge in [-0.1, -0.05) is 139 Å². The molecule has 6 aromatic carbocycles. The molecule has 0 unspecified atom stereocenters. The van der Waals surface area contributed by atoms with Crippen molar-refractivity contribution in [2.75, 3.05) is 7.11 Å². The van der Waals surface area contributed by atoms with Crippen LogP contribution in [0, 0.1) is 11.3 Å². The Kier molecular flexibility index (Phi) is 44.0. The maximum absolute atomic E-state index is 11.7. The number of nitrogens with one attached hydrogen (secondary N) is 1. The number of carboxylic acids is 1. The Balaban J connectivity index is 0.00000132. The van der Waals surface area contributed by atoms with Crippen LogP contribution in [0.2, 0.25) is 0 Å².